The molecule has 3 aromatic rings. The lowest BCUT2D eigenvalue weighted by Gasteiger charge is -2.38. The van der Waals surface area contributed by atoms with Gasteiger partial charge in [-0.15, -0.1) is 0 Å². The zero-order chi connectivity index (χ0) is 21.6. The van der Waals surface area contributed by atoms with Crippen LogP contribution < -0.4 is 0 Å². The number of imidazole rings is 1. The quantitative estimate of drug-likeness (QED) is 0.502. The van der Waals surface area contributed by atoms with Crippen molar-refractivity contribution < 1.29 is 9.53 Å². The highest BCUT2D eigenvalue weighted by Gasteiger charge is 2.25. The number of carbonyl (C=O) groups excluding carboxylic acids is 1. The van der Waals surface area contributed by atoms with E-state index < -0.39 is 0 Å². The summed E-state index contributed by atoms with van der Waals surface area (Å²) in [5, 5.41) is 0.878. The SMILES string of the molecule is COCCn1c(SCC(=O)N2CCN([C@H](C)c3ccccc3)CC2)nc2ccccc21. The average Bonchev–Trinajstić information content (AvgIpc) is 3.18. The molecule has 164 valence electrons. The number of rotatable bonds is 8. The van der Waals surface area contributed by atoms with Crippen LogP contribution in [0.1, 0.15) is 18.5 Å². The summed E-state index contributed by atoms with van der Waals surface area (Å²) in [6.45, 7) is 6.94. The minimum absolute atomic E-state index is 0.183. The van der Waals surface area contributed by atoms with E-state index in [1.165, 1.54) is 17.3 Å². The Morgan fingerprint density at radius 3 is 2.52 bits per heavy atom. The van der Waals surface area contributed by atoms with Gasteiger partial charge in [0.1, 0.15) is 0 Å². The maximum absolute atomic E-state index is 12.9. The average molecular weight is 439 g/mol. The summed E-state index contributed by atoms with van der Waals surface area (Å²) in [5.41, 5.74) is 3.36. The van der Waals surface area contributed by atoms with Crippen molar-refractivity contribution in [3.63, 3.8) is 0 Å². The van der Waals surface area contributed by atoms with Gasteiger partial charge < -0.3 is 14.2 Å². The molecule has 4 rings (SSSR count). The van der Waals surface area contributed by atoms with Crippen LogP contribution in [0.25, 0.3) is 11.0 Å². The third-order valence-electron chi connectivity index (χ3n) is 5.96. The number of piperazine rings is 1. The van der Waals surface area contributed by atoms with Crippen molar-refractivity contribution in [2.24, 2.45) is 0 Å². The lowest BCUT2D eigenvalue weighted by molar-refractivity contribution is -0.130. The first-order chi connectivity index (χ1) is 15.2. The van der Waals surface area contributed by atoms with Crippen molar-refractivity contribution in [1.82, 2.24) is 19.4 Å². The number of hydrogen-bond donors (Lipinski definition) is 0. The Kier molecular flexibility index (Phi) is 7.27. The highest BCUT2D eigenvalue weighted by molar-refractivity contribution is 7.99. The summed E-state index contributed by atoms with van der Waals surface area (Å²) in [5.74, 6) is 0.590. The summed E-state index contributed by atoms with van der Waals surface area (Å²) in [6, 6.07) is 19.0. The molecule has 0 aliphatic carbocycles. The topological polar surface area (TPSA) is 50.6 Å². The second kappa shape index (κ2) is 10.3. The maximum Gasteiger partial charge on any atom is 0.233 e. The summed E-state index contributed by atoms with van der Waals surface area (Å²) >= 11 is 1.52. The van der Waals surface area contributed by atoms with E-state index in [4.69, 9.17) is 9.72 Å². The van der Waals surface area contributed by atoms with Crippen LogP contribution in [0, 0.1) is 0 Å². The number of ether oxygens (including phenoxy) is 1. The number of aromatic nitrogens is 2. The predicted molar refractivity (Wildman–Crippen MR) is 125 cm³/mol. The van der Waals surface area contributed by atoms with E-state index >= 15 is 0 Å². The molecule has 1 fully saturated rings. The Bertz CT molecular complexity index is 999. The first kappa shape index (κ1) is 21.9. The fourth-order valence-corrected chi connectivity index (χ4v) is 5.02. The fraction of sp³-hybridized carbons (Fsp3) is 0.417. The third-order valence-corrected chi connectivity index (χ3v) is 6.92. The second-order valence-corrected chi connectivity index (χ2v) is 8.76. The van der Waals surface area contributed by atoms with E-state index in [1.807, 2.05) is 29.2 Å². The highest BCUT2D eigenvalue weighted by atomic mass is 32.2. The number of amides is 1. The molecule has 6 nitrogen and oxygen atoms in total. The van der Waals surface area contributed by atoms with E-state index in [-0.39, 0.29) is 5.91 Å². The van der Waals surface area contributed by atoms with Crippen molar-refractivity contribution >= 4 is 28.7 Å². The standard InChI is InChI=1S/C24H30N4O2S/c1-19(20-8-4-3-5-9-20)26-12-14-27(15-13-26)23(29)18-31-24-25-21-10-6-7-11-22(21)28(24)16-17-30-2/h3-11,19H,12-18H2,1-2H3/t19-/m1/s1. The number of methoxy groups -OCH3 is 1. The fourth-order valence-electron chi connectivity index (χ4n) is 4.08. The molecule has 1 aliphatic rings. The van der Waals surface area contributed by atoms with E-state index in [0.29, 0.717) is 18.4 Å². The summed E-state index contributed by atoms with van der Waals surface area (Å²) in [4.78, 5) is 22.1. The smallest absolute Gasteiger partial charge is 0.233 e. The molecule has 1 amide bonds. The van der Waals surface area contributed by atoms with Crippen LogP contribution in [0.4, 0.5) is 0 Å². The Morgan fingerprint density at radius 2 is 1.77 bits per heavy atom. The van der Waals surface area contributed by atoms with Gasteiger partial charge in [0.15, 0.2) is 5.16 Å². The number of carbonyl (C=O) groups is 1. The number of nitrogens with zero attached hydrogens (tertiary/aromatic N) is 4. The number of thioether (sulfide) groups is 1. The molecule has 0 unspecified atom stereocenters. The number of hydrogen-bond acceptors (Lipinski definition) is 5. The number of fused-ring (bicyclic) bond motifs is 1. The van der Waals surface area contributed by atoms with E-state index in [9.17, 15) is 4.79 Å². The number of para-hydroxylation sites is 2. The molecule has 1 aromatic heterocycles. The molecule has 1 aliphatic heterocycles. The molecule has 2 heterocycles. The van der Waals surface area contributed by atoms with Gasteiger partial charge in [-0.2, -0.15) is 0 Å². The minimum Gasteiger partial charge on any atom is -0.383 e. The van der Waals surface area contributed by atoms with Gasteiger partial charge in [-0.05, 0) is 24.6 Å². The Morgan fingerprint density at radius 1 is 1.06 bits per heavy atom. The van der Waals surface area contributed by atoms with Crippen molar-refractivity contribution in [2.45, 2.75) is 24.7 Å². The molecule has 0 radical (unpaired) electrons. The molecular weight excluding hydrogens is 408 g/mol. The molecule has 7 heteroatoms. The molecule has 1 saturated heterocycles. The highest BCUT2D eigenvalue weighted by Crippen LogP contribution is 2.25. The summed E-state index contributed by atoms with van der Waals surface area (Å²) in [6.07, 6.45) is 0. The van der Waals surface area contributed by atoms with Crippen LogP contribution in [0.3, 0.4) is 0 Å². The van der Waals surface area contributed by atoms with Gasteiger partial charge in [-0.25, -0.2) is 4.98 Å². The van der Waals surface area contributed by atoms with E-state index in [1.54, 1.807) is 7.11 Å². The largest absolute Gasteiger partial charge is 0.383 e. The van der Waals surface area contributed by atoms with Crippen LogP contribution in [0.5, 0.6) is 0 Å². The molecule has 0 spiro atoms. The molecular formula is C24H30N4O2S. The number of benzene rings is 2. The summed E-state index contributed by atoms with van der Waals surface area (Å²) < 4.78 is 7.41. The molecule has 0 saturated carbocycles. The molecule has 0 bridgehead atoms. The van der Waals surface area contributed by atoms with Crippen LogP contribution in [-0.2, 0) is 16.1 Å². The second-order valence-electron chi connectivity index (χ2n) is 7.82. The van der Waals surface area contributed by atoms with E-state index in [0.717, 1.165) is 48.9 Å². The molecule has 1 atom stereocenters. The lowest BCUT2D eigenvalue weighted by atomic mass is 10.1. The van der Waals surface area contributed by atoms with Crippen LogP contribution in [0.15, 0.2) is 59.8 Å². The van der Waals surface area contributed by atoms with Crippen molar-refractivity contribution in [3.8, 4) is 0 Å². The predicted octanol–water partition coefficient (Wildman–Crippen LogP) is 3.68. The summed E-state index contributed by atoms with van der Waals surface area (Å²) in [7, 11) is 1.70. The van der Waals surface area contributed by atoms with Crippen molar-refractivity contribution in [2.75, 3.05) is 45.6 Å². The van der Waals surface area contributed by atoms with Crippen molar-refractivity contribution in [1.29, 1.82) is 0 Å². The maximum atomic E-state index is 12.9. The van der Waals surface area contributed by atoms with Gasteiger partial charge >= 0.3 is 0 Å². The van der Waals surface area contributed by atoms with Crippen molar-refractivity contribution in [3.05, 3.63) is 60.2 Å². The van der Waals surface area contributed by atoms with Crippen LogP contribution in [0.2, 0.25) is 0 Å². The van der Waals surface area contributed by atoms with Gasteiger partial charge in [-0.1, -0.05) is 54.2 Å². The Labute approximate surface area is 188 Å². The molecule has 31 heavy (non-hydrogen) atoms. The normalized spacial score (nSPS) is 16.0. The zero-order valence-corrected chi connectivity index (χ0v) is 19.1. The van der Waals surface area contributed by atoms with Crippen LogP contribution >= 0.6 is 11.8 Å². The lowest BCUT2D eigenvalue weighted by Crippen LogP contribution is -2.49. The monoisotopic (exact) mass is 438 g/mol. The van der Waals surface area contributed by atoms with Gasteiger partial charge in [-0.3, -0.25) is 9.69 Å². The van der Waals surface area contributed by atoms with Gasteiger partial charge in [0.05, 0.1) is 23.4 Å². The Hall–Kier alpha value is -2.35. The Balaban J connectivity index is 1.34. The van der Waals surface area contributed by atoms with Gasteiger partial charge in [0.25, 0.3) is 0 Å². The molecule has 0 N–H and O–H groups in total. The third kappa shape index (κ3) is 5.11. The molecule has 2 aromatic carbocycles. The van der Waals surface area contributed by atoms with Crippen LogP contribution in [-0.4, -0.2) is 70.9 Å². The van der Waals surface area contributed by atoms with E-state index in [2.05, 4.69) is 46.7 Å². The van der Waals surface area contributed by atoms with Gasteiger partial charge in [0.2, 0.25) is 5.91 Å². The first-order valence-electron chi connectivity index (χ1n) is 10.8. The first-order valence-corrected chi connectivity index (χ1v) is 11.8. The minimum atomic E-state index is 0.183. The zero-order valence-electron chi connectivity index (χ0n) is 18.2. The van der Waals surface area contributed by atoms with Gasteiger partial charge in [0, 0.05) is 45.9 Å².